The Bertz CT molecular complexity index is 422. The van der Waals surface area contributed by atoms with E-state index in [4.69, 9.17) is 0 Å². The van der Waals surface area contributed by atoms with Gasteiger partial charge in [-0.3, -0.25) is 0 Å². The van der Waals surface area contributed by atoms with E-state index in [1.165, 1.54) is 38.6 Å². The van der Waals surface area contributed by atoms with Gasteiger partial charge in [-0.1, -0.05) is 0 Å². The normalized spacial score (nSPS) is 23.7. The van der Waals surface area contributed by atoms with Crippen molar-refractivity contribution in [3.05, 3.63) is 23.3 Å². The third-order valence-electron chi connectivity index (χ3n) is 5.64. The molecule has 0 aromatic carbocycles. The van der Waals surface area contributed by atoms with Crippen molar-refractivity contribution in [2.45, 2.75) is 74.0 Å². The van der Waals surface area contributed by atoms with Gasteiger partial charge in [-0.25, -0.2) is 0 Å². The second-order valence-corrected chi connectivity index (χ2v) is 12.7. The van der Waals surface area contributed by atoms with Gasteiger partial charge in [0.05, 0.1) is 0 Å². The van der Waals surface area contributed by atoms with Crippen molar-refractivity contribution in [3.63, 3.8) is 0 Å². The Morgan fingerprint density at radius 3 is 2.09 bits per heavy atom. The van der Waals surface area contributed by atoms with Crippen LogP contribution in [0.25, 0.3) is 0 Å². The van der Waals surface area contributed by atoms with Gasteiger partial charge in [-0.15, -0.1) is 0 Å². The van der Waals surface area contributed by atoms with E-state index in [1.807, 2.05) is 0 Å². The molecule has 0 radical (unpaired) electrons. The van der Waals surface area contributed by atoms with Crippen LogP contribution in [0.3, 0.4) is 0 Å². The summed E-state index contributed by atoms with van der Waals surface area (Å²) in [5, 5.41) is 5.18. The van der Waals surface area contributed by atoms with Crippen molar-refractivity contribution >= 4 is 0 Å². The van der Waals surface area contributed by atoms with Crippen molar-refractivity contribution in [1.82, 2.24) is 4.90 Å². The summed E-state index contributed by atoms with van der Waals surface area (Å²) in [7, 11) is 4.44. The number of rotatable bonds is 10. The zero-order valence-corrected chi connectivity index (χ0v) is 18.6. The quantitative estimate of drug-likeness (QED) is 0.402. The van der Waals surface area contributed by atoms with Crippen LogP contribution in [0.15, 0.2) is 23.3 Å². The van der Waals surface area contributed by atoms with E-state index >= 15 is 0 Å². The van der Waals surface area contributed by atoms with E-state index in [0.29, 0.717) is 3.72 Å². The molecule has 1 rings (SSSR count). The molecule has 0 N–H and O–H groups in total. The summed E-state index contributed by atoms with van der Waals surface area (Å²) in [6.45, 7) is 10.8. The molecule has 0 fully saturated rings. The Kier molecular flexibility index (Phi) is 8.84. The molecule has 1 nitrogen and oxygen atoms in total. The van der Waals surface area contributed by atoms with Crippen molar-refractivity contribution in [2.75, 3.05) is 20.6 Å². The van der Waals surface area contributed by atoms with Gasteiger partial charge in [0, 0.05) is 0 Å². The van der Waals surface area contributed by atoms with Crippen LogP contribution < -0.4 is 0 Å². The number of hydrogen-bond donors (Lipinski definition) is 0. The predicted molar refractivity (Wildman–Crippen MR) is 102 cm³/mol. The fraction of sp³-hybridized carbons (Fsp3) is 0.810. The third-order valence-corrected chi connectivity index (χ3v) is 9.49. The molecular weight excluding hydrogens is 314 g/mol. The second-order valence-electron chi connectivity index (χ2n) is 8.15. The van der Waals surface area contributed by atoms with Gasteiger partial charge >= 0.3 is 153 Å². The third kappa shape index (κ3) is 5.31. The molecule has 0 heterocycles. The molecule has 1 aliphatic carbocycles. The summed E-state index contributed by atoms with van der Waals surface area (Å²) < 4.78 is 0.441. The van der Waals surface area contributed by atoms with Crippen LogP contribution in [0.4, 0.5) is 0 Å². The van der Waals surface area contributed by atoms with Crippen LogP contribution in [0.2, 0.25) is 14.2 Å². The molecule has 0 aromatic rings. The molecule has 0 saturated carbocycles. The molecule has 2 heteroatoms. The molecule has 0 bridgehead atoms. The Morgan fingerprint density at radius 2 is 1.61 bits per heavy atom. The summed E-state index contributed by atoms with van der Waals surface area (Å²) >= 11 is -1.13. The number of allylic oxidation sites excluding steroid dienone is 4. The molecule has 0 aliphatic heterocycles. The van der Waals surface area contributed by atoms with Gasteiger partial charge in [-0.2, -0.15) is 0 Å². The first-order valence-electron chi connectivity index (χ1n) is 9.68. The standard InChI is InChI=1S/C19H34N.2CH3.Ti/c1-7-9-15(3)18-13-17(11-12-20(5)6)19(14-18)16(4)10-8-2;;;/h13-16H,7-12H2,1-6H3;2*1H3;. The van der Waals surface area contributed by atoms with Gasteiger partial charge in [0.2, 0.25) is 0 Å². The van der Waals surface area contributed by atoms with Crippen LogP contribution in [0.5, 0.6) is 0 Å². The Labute approximate surface area is 152 Å². The van der Waals surface area contributed by atoms with Gasteiger partial charge in [0.25, 0.3) is 0 Å². The summed E-state index contributed by atoms with van der Waals surface area (Å²) in [4.78, 5) is 2.37. The monoisotopic (exact) mass is 354 g/mol. The van der Waals surface area contributed by atoms with Crippen LogP contribution in [-0.2, 0) is 17.9 Å². The summed E-state index contributed by atoms with van der Waals surface area (Å²) in [6, 6.07) is 0. The van der Waals surface area contributed by atoms with E-state index in [1.54, 1.807) is 11.1 Å². The van der Waals surface area contributed by atoms with Crippen molar-refractivity contribution in [1.29, 1.82) is 0 Å². The SMILES string of the molecule is CCCC(C)C1=C[C](CCN(C)C)([Ti]([CH3])[CH3])C(C(C)CCC)=C1. The molecule has 0 spiro atoms. The Balaban J connectivity index is 3.20. The first kappa shape index (κ1) is 21.2. The van der Waals surface area contributed by atoms with Crippen LogP contribution in [0.1, 0.15) is 59.8 Å². The summed E-state index contributed by atoms with van der Waals surface area (Å²) in [6.07, 6.45) is 12.0. The average molecular weight is 354 g/mol. The van der Waals surface area contributed by atoms with E-state index in [9.17, 15) is 0 Å². The minimum absolute atomic E-state index is 0.441. The fourth-order valence-electron chi connectivity index (χ4n) is 4.07. The zero-order valence-electron chi connectivity index (χ0n) is 17.0. The minimum atomic E-state index is -1.13. The number of nitrogens with zero attached hydrogens (tertiary/aromatic N) is 1. The van der Waals surface area contributed by atoms with E-state index in [0.717, 1.165) is 11.8 Å². The number of hydrogen-bond acceptors (Lipinski definition) is 1. The van der Waals surface area contributed by atoms with Crippen LogP contribution in [0, 0.1) is 11.8 Å². The first-order chi connectivity index (χ1) is 10.8. The summed E-state index contributed by atoms with van der Waals surface area (Å²) in [5.74, 6) is 1.47. The van der Waals surface area contributed by atoms with Crippen molar-refractivity contribution in [3.8, 4) is 0 Å². The molecule has 0 saturated heterocycles. The molecular formula is C21H40NTi. The average Bonchev–Trinajstić information content (AvgIpc) is 2.87. The maximum atomic E-state index is 2.74. The second kappa shape index (κ2) is 9.59. The molecule has 0 aromatic heterocycles. The summed E-state index contributed by atoms with van der Waals surface area (Å²) in [5.41, 5.74) is 3.44. The van der Waals surface area contributed by atoms with E-state index < -0.39 is 17.9 Å². The van der Waals surface area contributed by atoms with Crippen LogP contribution >= 0.6 is 0 Å². The zero-order chi connectivity index (χ0) is 17.6. The fourth-order valence-corrected chi connectivity index (χ4v) is 7.14. The van der Waals surface area contributed by atoms with Gasteiger partial charge in [-0.05, 0) is 0 Å². The maximum absolute atomic E-state index is 2.74. The van der Waals surface area contributed by atoms with Crippen molar-refractivity contribution < 1.29 is 17.9 Å². The van der Waals surface area contributed by atoms with Gasteiger partial charge in [0.1, 0.15) is 0 Å². The molecule has 1 aliphatic rings. The molecule has 3 atom stereocenters. The first-order valence-corrected chi connectivity index (χ1v) is 13.6. The molecule has 3 unspecified atom stereocenters. The van der Waals surface area contributed by atoms with Crippen LogP contribution in [-0.4, -0.2) is 25.5 Å². The van der Waals surface area contributed by atoms with Gasteiger partial charge < -0.3 is 0 Å². The molecule has 133 valence electrons. The molecule has 0 amide bonds. The Morgan fingerprint density at radius 1 is 1.04 bits per heavy atom. The molecule has 23 heavy (non-hydrogen) atoms. The van der Waals surface area contributed by atoms with Crippen molar-refractivity contribution in [2.24, 2.45) is 11.8 Å². The van der Waals surface area contributed by atoms with Gasteiger partial charge in [0.15, 0.2) is 0 Å². The Hall–Kier alpha value is 0.154. The van der Waals surface area contributed by atoms with E-state index in [-0.39, 0.29) is 0 Å². The predicted octanol–water partition coefficient (Wildman–Crippen LogP) is 6.55. The topological polar surface area (TPSA) is 3.24 Å². The van der Waals surface area contributed by atoms with E-state index in [2.05, 4.69) is 69.3 Å².